The summed E-state index contributed by atoms with van der Waals surface area (Å²) in [6.45, 7) is 4.85. The van der Waals surface area contributed by atoms with E-state index in [0.717, 1.165) is 13.1 Å². The lowest BCUT2D eigenvalue weighted by Crippen LogP contribution is -2.44. The van der Waals surface area contributed by atoms with E-state index in [2.05, 4.69) is 22.1 Å². The minimum Gasteiger partial charge on any atom is -0.349 e. The zero-order valence-corrected chi connectivity index (χ0v) is 11.2. The summed E-state index contributed by atoms with van der Waals surface area (Å²) >= 11 is 0. The van der Waals surface area contributed by atoms with Crippen molar-refractivity contribution in [1.82, 2.24) is 15.2 Å². The third-order valence-electron chi connectivity index (χ3n) is 3.52. The van der Waals surface area contributed by atoms with Gasteiger partial charge < -0.3 is 5.32 Å². The van der Waals surface area contributed by atoms with Crippen molar-refractivity contribution < 1.29 is 9.18 Å². The number of piperidine rings is 1. The van der Waals surface area contributed by atoms with E-state index in [1.54, 1.807) is 0 Å². The number of halogens is 1. The lowest BCUT2D eigenvalue weighted by Gasteiger charge is -2.32. The van der Waals surface area contributed by atoms with Crippen LogP contribution in [0.1, 0.15) is 36.7 Å². The summed E-state index contributed by atoms with van der Waals surface area (Å²) < 4.78 is 12.9. The quantitative estimate of drug-likeness (QED) is 0.845. The monoisotopic (exact) mass is 265 g/mol. The molecule has 4 nitrogen and oxygen atoms in total. The molecule has 1 unspecified atom stereocenters. The molecular formula is C14H20FN3O. The van der Waals surface area contributed by atoms with Crippen LogP contribution in [-0.2, 0) is 0 Å². The Balaban J connectivity index is 1.82. The predicted octanol–water partition coefficient (Wildman–Crippen LogP) is 1.82. The zero-order valence-electron chi connectivity index (χ0n) is 11.2. The van der Waals surface area contributed by atoms with E-state index >= 15 is 0 Å². The van der Waals surface area contributed by atoms with Gasteiger partial charge in [0.25, 0.3) is 5.91 Å². The largest absolute Gasteiger partial charge is 0.349 e. The average Bonchev–Trinajstić information content (AvgIpc) is 2.45. The first kappa shape index (κ1) is 13.9. The van der Waals surface area contributed by atoms with Crippen molar-refractivity contribution in [2.45, 2.75) is 32.2 Å². The Morgan fingerprint density at radius 1 is 1.42 bits per heavy atom. The Hall–Kier alpha value is -1.49. The second-order valence-electron chi connectivity index (χ2n) is 5.00. The number of hydrogen-bond donors (Lipinski definition) is 1. The first-order valence-corrected chi connectivity index (χ1v) is 6.81. The molecule has 2 heterocycles. The van der Waals surface area contributed by atoms with Crippen LogP contribution in [0.15, 0.2) is 18.2 Å². The molecule has 5 heteroatoms. The van der Waals surface area contributed by atoms with Gasteiger partial charge >= 0.3 is 0 Å². The number of nitrogens with one attached hydrogen (secondary N) is 1. The van der Waals surface area contributed by atoms with Crippen LogP contribution in [-0.4, -0.2) is 41.5 Å². The average molecular weight is 265 g/mol. The number of nitrogens with zero attached hydrogens (tertiary/aromatic N) is 2. The van der Waals surface area contributed by atoms with Gasteiger partial charge in [-0.2, -0.15) is 4.39 Å². The molecule has 1 aromatic rings. The van der Waals surface area contributed by atoms with Crippen molar-refractivity contribution in [3.63, 3.8) is 0 Å². The van der Waals surface area contributed by atoms with Gasteiger partial charge in [-0.05, 0) is 45.0 Å². The zero-order chi connectivity index (χ0) is 13.7. The van der Waals surface area contributed by atoms with E-state index in [0.29, 0.717) is 12.6 Å². The van der Waals surface area contributed by atoms with Crippen LogP contribution in [0.3, 0.4) is 0 Å². The second kappa shape index (κ2) is 6.61. The lowest BCUT2D eigenvalue weighted by atomic mass is 10.1. The first-order chi connectivity index (χ1) is 9.16. The number of pyridine rings is 1. The van der Waals surface area contributed by atoms with Crippen molar-refractivity contribution in [2.24, 2.45) is 0 Å². The van der Waals surface area contributed by atoms with Crippen molar-refractivity contribution in [3.8, 4) is 0 Å². The minimum atomic E-state index is -0.628. The van der Waals surface area contributed by atoms with Gasteiger partial charge in [-0.3, -0.25) is 9.69 Å². The summed E-state index contributed by atoms with van der Waals surface area (Å²) in [5, 5.41) is 2.81. The van der Waals surface area contributed by atoms with E-state index in [1.807, 2.05) is 0 Å². The van der Waals surface area contributed by atoms with Crippen molar-refractivity contribution in [1.29, 1.82) is 0 Å². The molecule has 0 aromatic carbocycles. The molecule has 1 fully saturated rings. The van der Waals surface area contributed by atoms with Crippen molar-refractivity contribution >= 4 is 5.91 Å². The SMILES string of the molecule is CC(CNC(=O)c1cccc(F)n1)N1CCCCC1. The van der Waals surface area contributed by atoms with Gasteiger partial charge in [-0.15, -0.1) is 0 Å². The van der Waals surface area contributed by atoms with Crippen LogP contribution in [0.4, 0.5) is 4.39 Å². The van der Waals surface area contributed by atoms with E-state index < -0.39 is 5.95 Å². The van der Waals surface area contributed by atoms with E-state index in [4.69, 9.17) is 0 Å². The van der Waals surface area contributed by atoms with Crippen molar-refractivity contribution in [2.75, 3.05) is 19.6 Å². The van der Waals surface area contributed by atoms with Gasteiger partial charge in [0.2, 0.25) is 5.95 Å². The Bertz CT molecular complexity index is 432. The Morgan fingerprint density at radius 2 is 2.16 bits per heavy atom. The molecule has 1 amide bonds. The third-order valence-corrected chi connectivity index (χ3v) is 3.52. The molecular weight excluding hydrogens is 245 g/mol. The summed E-state index contributed by atoms with van der Waals surface area (Å²) in [6, 6.07) is 4.54. The number of rotatable bonds is 4. The first-order valence-electron chi connectivity index (χ1n) is 6.81. The molecule has 2 rings (SSSR count). The molecule has 0 spiro atoms. The number of amides is 1. The summed E-state index contributed by atoms with van der Waals surface area (Å²) in [6.07, 6.45) is 3.75. The van der Waals surface area contributed by atoms with Crippen LogP contribution in [0.2, 0.25) is 0 Å². The van der Waals surface area contributed by atoms with Gasteiger partial charge in [-0.1, -0.05) is 12.5 Å². The van der Waals surface area contributed by atoms with Crippen LogP contribution in [0.5, 0.6) is 0 Å². The number of carbonyl (C=O) groups is 1. The Kier molecular flexibility index (Phi) is 4.85. The Morgan fingerprint density at radius 3 is 2.84 bits per heavy atom. The minimum absolute atomic E-state index is 0.130. The molecule has 1 aromatic heterocycles. The molecule has 0 bridgehead atoms. The molecule has 1 N–H and O–H groups in total. The maximum absolute atomic E-state index is 12.9. The number of carbonyl (C=O) groups excluding carboxylic acids is 1. The van der Waals surface area contributed by atoms with E-state index in [9.17, 15) is 9.18 Å². The normalized spacial score (nSPS) is 18.0. The number of aromatic nitrogens is 1. The van der Waals surface area contributed by atoms with Crippen LogP contribution in [0, 0.1) is 5.95 Å². The maximum atomic E-state index is 12.9. The molecule has 1 aliphatic rings. The van der Waals surface area contributed by atoms with Gasteiger partial charge in [0.15, 0.2) is 0 Å². The van der Waals surface area contributed by atoms with Crippen molar-refractivity contribution in [3.05, 3.63) is 29.8 Å². The smallest absolute Gasteiger partial charge is 0.270 e. The van der Waals surface area contributed by atoms with Gasteiger partial charge in [0.05, 0.1) is 0 Å². The summed E-state index contributed by atoms with van der Waals surface area (Å²) in [5.74, 6) is -0.944. The fourth-order valence-electron chi connectivity index (χ4n) is 2.35. The van der Waals surface area contributed by atoms with Crippen LogP contribution < -0.4 is 5.32 Å². The molecule has 104 valence electrons. The highest BCUT2D eigenvalue weighted by atomic mass is 19.1. The number of likely N-dealkylation sites (tertiary alicyclic amines) is 1. The summed E-state index contributed by atoms with van der Waals surface area (Å²) in [5.41, 5.74) is 0.130. The maximum Gasteiger partial charge on any atom is 0.270 e. The lowest BCUT2D eigenvalue weighted by molar-refractivity contribution is 0.0924. The second-order valence-corrected chi connectivity index (χ2v) is 5.00. The standard InChI is InChI=1S/C14H20FN3O/c1-11(18-8-3-2-4-9-18)10-16-14(19)12-6-5-7-13(15)17-12/h5-7,11H,2-4,8-10H2,1H3,(H,16,19). The van der Waals surface area contributed by atoms with Gasteiger partial charge in [0, 0.05) is 12.6 Å². The predicted molar refractivity (Wildman–Crippen MR) is 71.4 cm³/mol. The van der Waals surface area contributed by atoms with Gasteiger partial charge in [-0.25, -0.2) is 4.98 Å². The molecule has 1 aliphatic heterocycles. The molecule has 1 saturated heterocycles. The Labute approximate surface area is 113 Å². The molecule has 0 saturated carbocycles. The summed E-state index contributed by atoms with van der Waals surface area (Å²) in [7, 11) is 0. The number of hydrogen-bond acceptors (Lipinski definition) is 3. The summed E-state index contributed by atoms with van der Waals surface area (Å²) in [4.78, 5) is 17.8. The van der Waals surface area contributed by atoms with Crippen LogP contribution >= 0.6 is 0 Å². The fraction of sp³-hybridized carbons (Fsp3) is 0.571. The van der Waals surface area contributed by atoms with E-state index in [-0.39, 0.29) is 11.6 Å². The van der Waals surface area contributed by atoms with Crippen LogP contribution in [0.25, 0.3) is 0 Å². The molecule has 19 heavy (non-hydrogen) atoms. The van der Waals surface area contributed by atoms with E-state index in [1.165, 1.54) is 37.5 Å². The van der Waals surface area contributed by atoms with Gasteiger partial charge in [0.1, 0.15) is 5.69 Å². The topological polar surface area (TPSA) is 45.2 Å². The highest BCUT2D eigenvalue weighted by Crippen LogP contribution is 2.11. The third kappa shape index (κ3) is 3.99. The highest BCUT2D eigenvalue weighted by Gasteiger charge is 2.17. The fourth-order valence-corrected chi connectivity index (χ4v) is 2.35. The highest BCUT2D eigenvalue weighted by molar-refractivity contribution is 5.92. The molecule has 1 atom stereocenters. The molecule has 0 radical (unpaired) electrons. The molecule has 0 aliphatic carbocycles.